The van der Waals surface area contributed by atoms with Crippen molar-refractivity contribution < 1.29 is 27.9 Å². The molecule has 0 aliphatic rings. The molecular weight excluding hydrogens is 420 g/mol. The molecule has 160 valence electrons. The van der Waals surface area contributed by atoms with E-state index >= 15 is 0 Å². The lowest BCUT2D eigenvalue weighted by molar-refractivity contribution is 0.0698. The molecule has 0 saturated carbocycles. The van der Waals surface area contributed by atoms with Crippen LogP contribution in [0, 0.1) is 6.92 Å². The Morgan fingerprint density at radius 3 is 2.29 bits per heavy atom. The first kappa shape index (κ1) is 21.8. The van der Waals surface area contributed by atoms with Crippen LogP contribution in [0.5, 0.6) is 5.75 Å². The zero-order valence-corrected chi connectivity index (χ0v) is 17.6. The summed E-state index contributed by atoms with van der Waals surface area (Å²) in [5.74, 6) is -1.24. The van der Waals surface area contributed by atoms with Crippen LogP contribution in [0.3, 0.4) is 0 Å². The third-order valence-electron chi connectivity index (χ3n) is 4.49. The van der Waals surface area contributed by atoms with E-state index in [4.69, 9.17) is 4.74 Å². The molecule has 0 aliphatic heterocycles. The Labute approximate surface area is 179 Å². The van der Waals surface area contributed by atoms with Gasteiger partial charge in [0.25, 0.3) is 15.9 Å². The van der Waals surface area contributed by atoms with Gasteiger partial charge in [-0.2, -0.15) is 0 Å². The summed E-state index contributed by atoms with van der Waals surface area (Å²) < 4.78 is 33.3. The molecular formula is C22H20N2O6S. The van der Waals surface area contributed by atoms with Crippen molar-refractivity contribution in [2.45, 2.75) is 11.8 Å². The SMILES string of the molecule is COc1ccc(NS(=O)(=O)c2cc(C(=O)Nc3ccccc3C(=O)O)ccc2C)cc1. The van der Waals surface area contributed by atoms with E-state index in [0.717, 1.165) is 0 Å². The number of benzene rings is 3. The van der Waals surface area contributed by atoms with Gasteiger partial charge in [-0.3, -0.25) is 9.52 Å². The van der Waals surface area contributed by atoms with E-state index in [9.17, 15) is 23.1 Å². The van der Waals surface area contributed by atoms with Crippen molar-refractivity contribution >= 4 is 33.3 Å². The topological polar surface area (TPSA) is 122 Å². The first-order valence-electron chi connectivity index (χ1n) is 9.12. The van der Waals surface area contributed by atoms with Crippen molar-refractivity contribution in [3.05, 3.63) is 83.4 Å². The Morgan fingerprint density at radius 2 is 1.65 bits per heavy atom. The number of hydrogen-bond donors (Lipinski definition) is 3. The van der Waals surface area contributed by atoms with Crippen LogP contribution < -0.4 is 14.8 Å². The number of anilines is 2. The molecule has 9 heteroatoms. The molecule has 31 heavy (non-hydrogen) atoms. The fraction of sp³-hybridized carbons (Fsp3) is 0.0909. The third kappa shape index (κ3) is 5.01. The molecule has 3 aromatic carbocycles. The highest BCUT2D eigenvalue weighted by atomic mass is 32.2. The summed E-state index contributed by atoms with van der Waals surface area (Å²) in [5.41, 5.74) is 0.896. The molecule has 3 rings (SSSR count). The molecule has 0 aromatic heterocycles. The van der Waals surface area contributed by atoms with E-state index in [0.29, 0.717) is 17.0 Å². The van der Waals surface area contributed by atoms with Gasteiger partial charge in [-0.05, 0) is 61.0 Å². The number of carbonyl (C=O) groups is 2. The summed E-state index contributed by atoms with van der Waals surface area (Å²) >= 11 is 0. The Morgan fingerprint density at radius 1 is 0.968 bits per heavy atom. The monoisotopic (exact) mass is 440 g/mol. The number of rotatable bonds is 7. The molecule has 0 heterocycles. The van der Waals surface area contributed by atoms with Gasteiger partial charge in [0, 0.05) is 11.3 Å². The Hall–Kier alpha value is -3.85. The van der Waals surface area contributed by atoms with Gasteiger partial charge in [0.2, 0.25) is 0 Å². The number of amides is 1. The number of nitrogens with one attached hydrogen (secondary N) is 2. The number of para-hydroxylation sites is 1. The number of sulfonamides is 1. The Balaban J connectivity index is 1.88. The van der Waals surface area contributed by atoms with Gasteiger partial charge in [0.1, 0.15) is 5.75 Å². The average molecular weight is 440 g/mol. The fourth-order valence-electron chi connectivity index (χ4n) is 2.87. The minimum absolute atomic E-state index is 0.0671. The number of methoxy groups -OCH3 is 1. The van der Waals surface area contributed by atoms with Crippen LogP contribution in [0.2, 0.25) is 0 Å². The van der Waals surface area contributed by atoms with Gasteiger partial charge in [-0.15, -0.1) is 0 Å². The summed E-state index contributed by atoms with van der Waals surface area (Å²) in [7, 11) is -2.47. The zero-order valence-electron chi connectivity index (χ0n) is 16.7. The van der Waals surface area contributed by atoms with E-state index in [1.54, 1.807) is 43.3 Å². The molecule has 3 N–H and O–H groups in total. The van der Waals surface area contributed by atoms with Crippen molar-refractivity contribution in [3.8, 4) is 5.75 Å². The molecule has 0 fully saturated rings. The fourth-order valence-corrected chi connectivity index (χ4v) is 4.20. The van der Waals surface area contributed by atoms with Crippen molar-refractivity contribution in [2.24, 2.45) is 0 Å². The lowest BCUT2D eigenvalue weighted by Gasteiger charge is -2.13. The second kappa shape index (κ2) is 8.88. The number of carboxylic acids is 1. The van der Waals surface area contributed by atoms with Gasteiger partial charge in [-0.1, -0.05) is 18.2 Å². The van der Waals surface area contributed by atoms with Crippen LogP contribution in [-0.2, 0) is 10.0 Å². The predicted molar refractivity (Wildman–Crippen MR) is 116 cm³/mol. The van der Waals surface area contributed by atoms with Crippen molar-refractivity contribution in [1.82, 2.24) is 0 Å². The van der Waals surface area contributed by atoms with E-state index in [-0.39, 0.29) is 21.7 Å². The van der Waals surface area contributed by atoms with E-state index in [2.05, 4.69) is 10.0 Å². The maximum atomic E-state index is 12.9. The predicted octanol–water partition coefficient (Wildman–Crippen LogP) is 3.75. The molecule has 0 saturated heterocycles. The standard InChI is InChI=1S/C22H20N2O6S/c1-14-7-8-15(21(25)23-19-6-4-3-5-18(19)22(26)27)13-20(14)31(28,29)24-16-9-11-17(30-2)12-10-16/h3-13,24H,1-2H3,(H,23,25)(H,26,27). The van der Waals surface area contributed by atoms with Crippen LogP contribution in [0.4, 0.5) is 11.4 Å². The van der Waals surface area contributed by atoms with Gasteiger partial charge in [-0.25, -0.2) is 13.2 Å². The summed E-state index contributed by atoms with van der Waals surface area (Å²) in [5, 5.41) is 11.8. The third-order valence-corrected chi connectivity index (χ3v) is 6.01. The smallest absolute Gasteiger partial charge is 0.337 e. The highest BCUT2D eigenvalue weighted by Crippen LogP contribution is 2.23. The summed E-state index contributed by atoms with van der Waals surface area (Å²) in [4.78, 5) is 23.9. The number of aryl methyl sites for hydroxylation is 1. The van der Waals surface area contributed by atoms with Crippen LogP contribution >= 0.6 is 0 Å². The van der Waals surface area contributed by atoms with Crippen molar-refractivity contribution in [1.29, 1.82) is 0 Å². The van der Waals surface area contributed by atoms with E-state index in [1.165, 1.54) is 37.4 Å². The van der Waals surface area contributed by atoms with Gasteiger partial charge < -0.3 is 15.2 Å². The Bertz CT molecular complexity index is 1240. The average Bonchev–Trinajstić information content (AvgIpc) is 2.74. The van der Waals surface area contributed by atoms with Crippen LogP contribution in [-0.4, -0.2) is 32.5 Å². The van der Waals surface area contributed by atoms with Gasteiger partial charge in [0.05, 0.1) is 23.3 Å². The molecule has 8 nitrogen and oxygen atoms in total. The summed E-state index contributed by atoms with van der Waals surface area (Å²) in [6.45, 7) is 1.62. The van der Waals surface area contributed by atoms with Crippen LogP contribution in [0.1, 0.15) is 26.3 Å². The first-order valence-corrected chi connectivity index (χ1v) is 10.6. The minimum Gasteiger partial charge on any atom is -0.497 e. The first-order chi connectivity index (χ1) is 14.7. The van der Waals surface area contributed by atoms with Crippen LogP contribution in [0.15, 0.2) is 71.6 Å². The summed E-state index contributed by atoms with van der Waals surface area (Å²) in [6, 6.07) is 16.5. The molecule has 0 spiro atoms. The molecule has 0 radical (unpaired) electrons. The highest BCUT2D eigenvalue weighted by molar-refractivity contribution is 7.92. The second-order valence-electron chi connectivity index (χ2n) is 6.62. The normalized spacial score (nSPS) is 10.9. The molecule has 1 amide bonds. The zero-order chi connectivity index (χ0) is 22.6. The number of aromatic carboxylic acids is 1. The van der Waals surface area contributed by atoms with E-state index in [1.807, 2.05) is 0 Å². The molecule has 0 bridgehead atoms. The summed E-state index contributed by atoms with van der Waals surface area (Å²) in [6.07, 6.45) is 0. The molecule has 3 aromatic rings. The molecule has 0 unspecified atom stereocenters. The Kier molecular flexibility index (Phi) is 6.26. The number of carbonyl (C=O) groups excluding carboxylic acids is 1. The van der Waals surface area contributed by atoms with Crippen molar-refractivity contribution in [3.63, 3.8) is 0 Å². The molecule has 0 aliphatic carbocycles. The van der Waals surface area contributed by atoms with Gasteiger partial charge in [0.15, 0.2) is 0 Å². The van der Waals surface area contributed by atoms with Crippen molar-refractivity contribution in [2.75, 3.05) is 17.1 Å². The maximum Gasteiger partial charge on any atom is 0.337 e. The lowest BCUT2D eigenvalue weighted by atomic mass is 10.1. The molecule has 0 atom stereocenters. The van der Waals surface area contributed by atoms with Gasteiger partial charge >= 0.3 is 5.97 Å². The number of ether oxygens (including phenoxy) is 1. The number of hydrogen-bond acceptors (Lipinski definition) is 5. The largest absolute Gasteiger partial charge is 0.497 e. The maximum absolute atomic E-state index is 12.9. The van der Waals surface area contributed by atoms with Crippen LogP contribution in [0.25, 0.3) is 0 Å². The highest BCUT2D eigenvalue weighted by Gasteiger charge is 2.20. The quantitative estimate of drug-likeness (QED) is 0.514. The van der Waals surface area contributed by atoms with E-state index < -0.39 is 21.9 Å². The number of carboxylic acid groups (broad SMARTS) is 1. The second-order valence-corrected chi connectivity index (χ2v) is 8.27. The lowest BCUT2D eigenvalue weighted by Crippen LogP contribution is -2.18. The minimum atomic E-state index is -3.98.